The third kappa shape index (κ3) is 7.95. The van der Waals surface area contributed by atoms with E-state index < -0.39 is 24.9 Å². The number of unbranched alkanes of at least 4 members (excludes halogenated alkanes) is 1. The maximum absolute atomic E-state index is 3.30. The average molecular weight is 1060 g/mol. The van der Waals surface area contributed by atoms with Crippen molar-refractivity contribution in [3.8, 4) is 0 Å². The Balaban J connectivity index is 1.31. The molecule has 0 saturated carbocycles. The Labute approximate surface area is 369 Å². The second kappa shape index (κ2) is 18.5. The Bertz CT molecular complexity index is 1750. The molecule has 0 spiro atoms. The Morgan fingerprint density at radius 1 is 0.536 bits per heavy atom. The molecule has 56 heavy (non-hydrogen) atoms. The molecule has 4 aromatic carbocycles. The number of rotatable bonds is 14. The molecule has 308 valence electrons. The van der Waals surface area contributed by atoms with Gasteiger partial charge in [-0.25, -0.2) is 0 Å². The van der Waals surface area contributed by atoms with E-state index in [1.54, 1.807) is 21.7 Å². The van der Waals surface area contributed by atoms with Gasteiger partial charge in [-0.1, -0.05) is 0 Å². The van der Waals surface area contributed by atoms with Gasteiger partial charge < -0.3 is 0 Å². The summed E-state index contributed by atoms with van der Waals surface area (Å²) in [7, 11) is -1.47. The van der Waals surface area contributed by atoms with Crippen LogP contribution in [0.3, 0.4) is 0 Å². The van der Waals surface area contributed by atoms with Crippen LogP contribution in [-0.4, -0.2) is 70.1 Å². The van der Waals surface area contributed by atoms with E-state index in [1.807, 2.05) is 0 Å². The van der Waals surface area contributed by atoms with Crippen molar-refractivity contribution in [1.29, 1.82) is 0 Å². The molecule has 0 unspecified atom stereocenters. The van der Waals surface area contributed by atoms with Crippen LogP contribution in [-0.2, 0) is 0 Å². The molecule has 0 radical (unpaired) electrons. The molecule has 3 aliphatic heterocycles. The van der Waals surface area contributed by atoms with E-state index in [-0.39, 0.29) is 0 Å². The Morgan fingerprint density at radius 3 is 1.34 bits per heavy atom. The number of hydrazine groups is 1. The topological polar surface area (TPSA) is 9.72 Å². The first-order chi connectivity index (χ1) is 26.9. The van der Waals surface area contributed by atoms with Gasteiger partial charge in [0.25, 0.3) is 0 Å². The zero-order valence-electron chi connectivity index (χ0n) is 35.2. The number of benzene rings is 4. The van der Waals surface area contributed by atoms with Crippen LogP contribution < -0.4 is 10.6 Å². The van der Waals surface area contributed by atoms with E-state index in [2.05, 4.69) is 227 Å². The van der Waals surface area contributed by atoms with Gasteiger partial charge in [0.2, 0.25) is 0 Å². The van der Waals surface area contributed by atoms with Crippen LogP contribution in [0, 0.1) is 0 Å². The van der Waals surface area contributed by atoms with Gasteiger partial charge in [-0.15, -0.1) is 0 Å². The van der Waals surface area contributed by atoms with Crippen molar-refractivity contribution in [2.24, 2.45) is 0 Å². The molecule has 0 bridgehead atoms. The Morgan fingerprint density at radius 2 is 0.911 bits per heavy atom. The van der Waals surface area contributed by atoms with Crippen molar-refractivity contribution in [3.05, 3.63) is 132 Å². The second-order valence-corrected chi connectivity index (χ2v) is 45.0. The fraction of sp³-hybridized carbons (Fsp3) is 0.489. The van der Waals surface area contributed by atoms with Gasteiger partial charge in [0, 0.05) is 0 Å². The van der Waals surface area contributed by atoms with Gasteiger partial charge in [0.05, 0.1) is 0 Å². The molecule has 3 heterocycles. The number of hydrogen-bond donors (Lipinski definition) is 0. The molecule has 0 aliphatic carbocycles. The van der Waals surface area contributed by atoms with E-state index in [0.29, 0.717) is 11.3 Å². The third-order valence-corrected chi connectivity index (χ3v) is 53.1. The standard InChI is InChI=1S/C47H71I2N3P4/c1-38-30-31-39(2)53(38,6)51(50(5)55(48)40(3)32-33-41(55)4)36-20-21-37-52(56(49,44-26-16-10-17-27-44)45-28-18-11-19-29-45)54(7)46(42-22-12-8-13-23-42)34-35-47(54)43-24-14-9-15-25-43/h8-19,22-29,38-41,46-47,53-56H,20-21,30-37H2,1-7H3/t38-,39-,40-,41-,46+,47+/m1/s1. The minimum absolute atomic E-state index is 0.576. The summed E-state index contributed by atoms with van der Waals surface area (Å²) in [6, 6.07) is 47.0. The molecule has 7 rings (SSSR count). The summed E-state index contributed by atoms with van der Waals surface area (Å²) >= 11 is 6.12. The summed E-state index contributed by atoms with van der Waals surface area (Å²) in [4.78, 5) is 0. The summed E-state index contributed by atoms with van der Waals surface area (Å²) in [5.74, 6) is 0. The molecule has 0 aromatic heterocycles. The first-order valence-electron chi connectivity index (χ1n) is 21.8. The van der Waals surface area contributed by atoms with E-state index in [4.69, 9.17) is 0 Å². The van der Waals surface area contributed by atoms with Crippen LogP contribution in [0.5, 0.6) is 0 Å². The SMILES string of the molecule is C[C@@H]1CC[C@@H](C)[PH]1(C)N(CCCCN([PH](I)(c1ccccc1)c1ccccc1)[PH]1(C)[C@H](c2ccccc2)CC[C@H]1c1ccccc1)N(C)[PH]1(I)[C@H](C)CC[C@H]1C. The zero-order chi connectivity index (χ0) is 39.7. The van der Waals surface area contributed by atoms with Crippen LogP contribution in [0.2, 0.25) is 0 Å². The molecule has 3 aliphatic rings. The number of nitrogens with zero attached hydrogens (tertiary/aromatic N) is 3. The fourth-order valence-corrected chi connectivity index (χ4v) is 44.7. The van der Waals surface area contributed by atoms with Gasteiger partial charge in [-0.2, -0.15) is 0 Å². The van der Waals surface area contributed by atoms with E-state index >= 15 is 0 Å². The minimum atomic E-state index is -2.48. The molecule has 0 N–H and O–H groups in total. The molecule has 9 heteroatoms. The number of hydrogen-bond acceptors (Lipinski definition) is 3. The van der Waals surface area contributed by atoms with Crippen molar-refractivity contribution >= 4 is 79.6 Å². The predicted octanol–water partition coefficient (Wildman–Crippen LogP) is 13.9. The zero-order valence-corrected chi connectivity index (χ0v) is 43.5. The molecule has 3 fully saturated rings. The van der Waals surface area contributed by atoms with Crippen molar-refractivity contribution in [2.75, 3.05) is 33.5 Å². The number of halogens is 2. The summed E-state index contributed by atoms with van der Waals surface area (Å²) in [6.07, 6.45) is 10.7. The summed E-state index contributed by atoms with van der Waals surface area (Å²) in [6.45, 7) is 18.4. The summed E-state index contributed by atoms with van der Waals surface area (Å²) in [5.41, 5.74) is 7.63. The predicted molar refractivity (Wildman–Crippen MR) is 280 cm³/mol. The second-order valence-electron chi connectivity index (χ2n) is 18.3. The van der Waals surface area contributed by atoms with Crippen LogP contribution in [0.15, 0.2) is 121 Å². The van der Waals surface area contributed by atoms with Crippen LogP contribution in [0.4, 0.5) is 0 Å². The molecular weight excluding hydrogens is 984 g/mol. The molecule has 3 saturated heterocycles. The van der Waals surface area contributed by atoms with Crippen molar-refractivity contribution in [3.63, 3.8) is 0 Å². The molecule has 3 nitrogen and oxygen atoms in total. The normalized spacial score (nSPS) is 29.1. The van der Waals surface area contributed by atoms with E-state index in [9.17, 15) is 0 Å². The van der Waals surface area contributed by atoms with Crippen LogP contribution >= 0.6 is 69.0 Å². The van der Waals surface area contributed by atoms with Crippen molar-refractivity contribution in [2.45, 2.75) is 113 Å². The van der Waals surface area contributed by atoms with Gasteiger partial charge in [-0.05, 0) is 0 Å². The Kier molecular flexibility index (Phi) is 14.5. The quantitative estimate of drug-likeness (QED) is 0.0539. The molecule has 0 amide bonds. The maximum atomic E-state index is 3.30. The van der Waals surface area contributed by atoms with Gasteiger partial charge in [-0.3, -0.25) is 0 Å². The first-order valence-corrected chi connectivity index (χ1v) is 37.2. The Hall–Kier alpha value is -0.0600. The van der Waals surface area contributed by atoms with Crippen molar-refractivity contribution < 1.29 is 0 Å². The first kappa shape index (κ1) is 44.0. The van der Waals surface area contributed by atoms with E-state index in [1.165, 1.54) is 57.9 Å². The fourth-order valence-electron chi connectivity index (χ4n) is 12.0. The molecule has 4 aromatic rings. The third-order valence-electron chi connectivity index (χ3n) is 15.7. The molecular formula is C47H71I2N3P4. The van der Waals surface area contributed by atoms with Gasteiger partial charge in [0.15, 0.2) is 0 Å². The summed E-state index contributed by atoms with van der Waals surface area (Å²) < 4.78 is 9.43. The average Bonchev–Trinajstić information content (AvgIpc) is 3.82. The van der Waals surface area contributed by atoms with Gasteiger partial charge in [0.1, 0.15) is 0 Å². The van der Waals surface area contributed by atoms with Gasteiger partial charge >= 0.3 is 373 Å². The molecule has 6 atom stereocenters. The monoisotopic (exact) mass is 1060 g/mol. The summed E-state index contributed by atoms with van der Waals surface area (Å²) in [5, 5.41) is -1.08. The van der Waals surface area contributed by atoms with Crippen LogP contribution in [0.25, 0.3) is 0 Å². The van der Waals surface area contributed by atoms with Crippen LogP contribution in [0.1, 0.15) is 102 Å². The van der Waals surface area contributed by atoms with Crippen molar-refractivity contribution in [1.82, 2.24) is 14.0 Å². The van der Waals surface area contributed by atoms with E-state index in [0.717, 1.165) is 29.2 Å².